The van der Waals surface area contributed by atoms with Crippen LogP contribution in [-0.4, -0.2) is 42.0 Å². The molecule has 3 rings (SSSR count). The summed E-state index contributed by atoms with van der Waals surface area (Å²) in [6, 6.07) is 8.53. The lowest BCUT2D eigenvalue weighted by Crippen LogP contribution is -2.40. The number of carbonyl (C=O) groups excluding carboxylic acids is 1. The third-order valence-electron chi connectivity index (χ3n) is 4.73. The Morgan fingerprint density at radius 2 is 1.97 bits per heavy atom. The van der Waals surface area contributed by atoms with Gasteiger partial charge in [0.25, 0.3) is 5.91 Å². The van der Waals surface area contributed by atoms with Crippen LogP contribution in [0.25, 0.3) is 11.2 Å². The molecule has 0 fully saturated rings. The van der Waals surface area contributed by atoms with E-state index < -0.39 is 16.1 Å². The second kappa shape index (κ2) is 10.3. The summed E-state index contributed by atoms with van der Waals surface area (Å²) in [6.07, 6.45) is 1.50. The van der Waals surface area contributed by atoms with E-state index in [2.05, 4.69) is 14.7 Å². The first-order valence-corrected chi connectivity index (χ1v) is 12.2. The van der Waals surface area contributed by atoms with E-state index in [1.807, 2.05) is 42.2 Å². The monoisotopic (exact) mass is 479 g/mol. The van der Waals surface area contributed by atoms with E-state index in [4.69, 9.17) is 16.3 Å². The van der Waals surface area contributed by atoms with Gasteiger partial charge in [-0.25, -0.2) is 14.7 Å². The maximum Gasteiger partial charge on any atom is 0.301 e. The molecule has 2 heterocycles. The topological polar surface area (TPSA) is 115 Å². The highest BCUT2D eigenvalue weighted by Gasteiger charge is 2.19. The fraction of sp³-hybridized carbons (Fsp3) is 0.381. The van der Waals surface area contributed by atoms with Crippen molar-refractivity contribution in [2.75, 3.05) is 13.2 Å². The van der Waals surface area contributed by atoms with Crippen molar-refractivity contribution in [3.63, 3.8) is 0 Å². The summed E-state index contributed by atoms with van der Waals surface area (Å²) in [5.74, 6) is 0.545. The van der Waals surface area contributed by atoms with Crippen molar-refractivity contribution in [1.82, 2.24) is 24.0 Å². The molecule has 0 spiro atoms. The molecule has 0 aliphatic carbocycles. The van der Waals surface area contributed by atoms with Gasteiger partial charge in [-0.3, -0.25) is 4.79 Å². The summed E-state index contributed by atoms with van der Waals surface area (Å²) in [5, 5.41) is 0.537. The maximum absolute atomic E-state index is 12.5. The van der Waals surface area contributed by atoms with Gasteiger partial charge in [0.2, 0.25) is 0 Å². The lowest BCUT2D eigenvalue weighted by Gasteiger charge is -2.11. The Morgan fingerprint density at radius 3 is 2.66 bits per heavy atom. The molecule has 0 saturated carbocycles. The molecule has 9 nitrogen and oxygen atoms in total. The summed E-state index contributed by atoms with van der Waals surface area (Å²) in [4.78, 5) is 21.4. The van der Waals surface area contributed by atoms with Gasteiger partial charge >= 0.3 is 10.2 Å². The first kappa shape index (κ1) is 24.0. The third-order valence-corrected chi connectivity index (χ3v) is 6.12. The number of carbonyl (C=O) groups is 1. The first-order valence-electron chi connectivity index (χ1n) is 10.3. The zero-order valence-corrected chi connectivity index (χ0v) is 19.8. The van der Waals surface area contributed by atoms with Crippen LogP contribution in [0.15, 0.2) is 30.3 Å². The molecule has 0 bridgehead atoms. The molecule has 0 radical (unpaired) electrons. The Bertz CT molecular complexity index is 1230. The zero-order chi connectivity index (χ0) is 23.3. The molecular weight excluding hydrogens is 454 g/mol. The number of benzene rings is 1. The number of unbranched alkanes of at least 4 members (excludes halogenated alkanes) is 1. The molecule has 0 unspecified atom stereocenters. The van der Waals surface area contributed by atoms with E-state index in [0.29, 0.717) is 47.3 Å². The van der Waals surface area contributed by atoms with Crippen LogP contribution < -0.4 is 14.2 Å². The number of hydrogen-bond donors (Lipinski definition) is 2. The van der Waals surface area contributed by atoms with Crippen LogP contribution in [0.4, 0.5) is 0 Å². The molecule has 0 aliphatic heterocycles. The molecule has 2 N–H and O–H groups in total. The minimum atomic E-state index is -3.96. The summed E-state index contributed by atoms with van der Waals surface area (Å²) in [7, 11) is -3.96. The van der Waals surface area contributed by atoms with Gasteiger partial charge in [0.15, 0.2) is 5.65 Å². The lowest BCUT2D eigenvalue weighted by molar-refractivity contribution is 0.0976. The Morgan fingerprint density at radius 1 is 1.19 bits per heavy atom. The highest BCUT2D eigenvalue weighted by Crippen LogP contribution is 2.25. The second-order valence-corrected chi connectivity index (χ2v) is 9.06. The van der Waals surface area contributed by atoms with Crippen molar-refractivity contribution >= 4 is 38.9 Å². The van der Waals surface area contributed by atoms with Gasteiger partial charge in [0.05, 0.1) is 13.2 Å². The van der Waals surface area contributed by atoms with Gasteiger partial charge in [-0.2, -0.15) is 13.1 Å². The number of hydrogen-bond acceptors (Lipinski definition) is 6. The molecule has 32 heavy (non-hydrogen) atoms. The largest absolute Gasteiger partial charge is 0.494 e. The number of nitrogens with one attached hydrogen (secondary N) is 2. The number of rotatable bonds is 10. The smallest absolute Gasteiger partial charge is 0.301 e. The van der Waals surface area contributed by atoms with Crippen LogP contribution >= 0.6 is 11.6 Å². The van der Waals surface area contributed by atoms with E-state index in [0.717, 1.165) is 12.0 Å². The van der Waals surface area contributed by atoms with Gasteiger partial charge in [-0.05, 0) is 50.1 Å². The van der Waals surface area contributed by atoms with E-state index in [-0.39, 0.29) is 12.2 Å². The van der Waals surface area contributed by atoms with Crippen molar-refractivity contribution in [3.05, 3.63) is 52.4 Å². The van der Waals surface area contributed by atoms with Crippen molar-refractivity contribution in [2.45, 2.75) is 40.2 Å². The fourth-order valence-corrected chi connectivity index (χ4v) is 4.17. The third kappa shape index (κ3) is 5.76. The minimum absolute atomic E-state index is 0.0303. The second-order valence-electron chi connectivity index (χ2n) is 7.15. The number of aryl methyl sites for hydroxylation is 1. The molecule has 0 aliphatic rings. The molecule has 0 atom stereocenters. The number of nitrogens with zero attached hydrogens (tertiary/aromatic N) is 3. The lowest BCUT2D eigenvalue weighted by atomic mass is 10.2. The highest BCUT2D eigenvalue weighted by molar-refractivity contribution is 7.88. The van der Waals surface area contributed by atoms with Gasteiger partial charge < -0.3 is 9.30 Å². The van der Waals surface area contributed by atoms with Gasteiger partial charge in [0.1, 0.15) is 22.8 Å². The molecule has 1 aromatic carbocycles. The average molecular weight is 480 g/mol. The van der Waals surface area contributed by atoms with Crippen molar-refractivity contribution in [1.29, 1.82) is 0 Å². The molecule has 0 saturated heterocycles. The SMILES string of the molecule is CCCCNS(=O)(=O)NC(=O)c1ccc2nc(C)n(Cc3ccc(OCC)cc3Cl)c2n1. The Hall–Kier alpha value is -2.69. The highest BCUT2D eigenvalue weighted by atomic mass is 35.5. The van der Waals surface area contributed by atoms with Gasteiger partial charge in [-0.1, -0.05) is 31.0 Å². The Kier molecular flexibility index (Phi) is 7.70. The zero-order valence-electron chi connectivity index (χ0n) is 18.2. The van der Waals surface area contributed by atoms with Crippen LogP contribution in [0, 0.1) is 6.92 Å². The van der Waals surface area contributed by atoms with Crippen molar-refractivity contribution < 1.29 is 17.9 Å². The number of imidazole rings is 1. The normalized spacial score (nSPS) is 11.6. The standard InChI is InChI=1S/C21H26ClN5O4S/c1-4-6-11-23-32(29,30)26-21(28)19-10-9-18-20(25-19)27(14(3)24-18)13-15-7-8-16(31-5-2)12-17(15)22/h7-10,12,23H,4-6,11,13H2,1-3H3,(H,26,28). The first-order chi connectivity index (χ1) is 15.2. The molecule has 11 heteroatoms. The maximum atomic E-state index is 12.5. The van der Waals surface area contributed by atoms with E-state index >= 15 is 0 Å². The van der Waals surface area contributed by atoms with Crippen LogP contribution in [0.1, 0.15) is 48.6 Å². The quantitative estimate of drug-likeness (QED) is 0.431. The summed E-state index contributed by atoms with van der Waals surface area (Å²) >= 11 is 6.42. The van der Waals surface area contributed by atoms with Crippen LogP contribution in [0.5, 0.6) is 5.75 Å². The van der Waals surface area contributed by atoms with E-state index in [1.165, 1.54) is 6.07 Å². The van der Waals surface area contributed by atoms with E-state index in [1.54, 1.807) is 12.1 Å². The minimum Gasteiger partial charge on any atom is -0.494 e. The van der Waals surface area contributed by atoms with E-state index in [9.17, 15) is 13.2 Å². The molecule has 172 valence electrons. The Labute approximate surface area is 192 Å². The molecule has 1 amide bonds. The summed E-state index contributed by atoms with van der Waals surface area (Å²) < 4.78 is 35.7. The molecule has 3 aromatic rings. The number of halogens is 1. The number of amides is 1. The number of aromatic nitrogens is 3. The number of pyridine rings is 1. The number of ether oxygens (including phenoxy) is 1. The predicted molar refractivity (Wildman–Crippen MR) is 123 cm³/mol. The summed E-state index contributed by atoms with van der Waals surface area (Å²) in [6.45, 7) is 6.83. The predicted octanol–water partition coefficient (Wildman–Crippen LogP) is 3.20. The molecule has 2 aromatic heterocycles. The Balaban J connectivity index is 1.86. The van der Waals surface area contributed by atoms with Crippen LogP contribution in [-0.2, 0) is 16.8 Å². The van der Waals surface area contributed by atoms with Crippen LogP contribution in [0.3, 0.4) is 0 Å². The fourth-order valence-electron chi connectivity index (χ4n) is 3.11. The van der Waals surface area contributed by atoms with Crippen molar-refractivity contribution in [3.8, 4) is 5.75 Å². The van der Waals surface area contributed by atoms with Crippen molar-refractivity contribution in [2.24, 2.45) is 0 Å². The average Bonchev–Trinajstić information content (AvgIpc) is 3.04. The van der Waals surface area contributed by atoms with Gasteiger partial charge in [-0.15, -0.1) is 0 Å². The summed E-state index contributed by atoms with van der Waals surface area (Å²) in [5.41, 5.74) is 1.84. The molecular formula is C21H26ClN5O4S. The van der Waals surface area contributed by atoms with Crippen LogP contribution in [0.2, 0.25) is 5.02 Å². The van der Waals surface area contributed by atoms with Gasteiger partial charge in [0, 0.05) is 11.6 Å². The number of fused-ring (bicyclic) bond motifs is 1.